The zero-order valence-electron chi connectivity index (χ0n) is 9.02. The van der Waals surface area contributed by atoms with Crippen LogP contribution >= 0.6 is 11.6 Å². The van der Waals surface area contributed by atoms with Crippen molar-refractivity contribution in [1.82, 2.24) is 5.32 Å². The highest BCUT2D eigenvalue weighted by Gasteiger charge is 2.13. The largest absolute Gasteiger partial charge is 0.381 e. The third-order valence-corrected chi connectivity index (χ3v) is 3.14. The number of anilines is 1. The maximum atomic E-state index is 6.17. The van der Waals surface area contributed by atoms with Gasteiger partial charge in [0.2, 0.25) is 0 Å². The molecular formula is C12H17ClN2. The average Bonchev–Trinajstić information content (AvgIpc) is 2.24. The molecule has 2 rings (SSSR count). The zero-order valence-corrected chi connectivity index (χ0v) is 9.77. The lowest BCUT2D eigenvalue weighted by Gasteiger charge is -2.25. The Morgan fingerprint density at radius 2 is 2.07 bits per heavy atom. The van der Waals surface area contributed by atoms with Crippen molar-refractivity contribution in [1.29, 1.82) is 0 Å². The highest BCUT2D eigenvalue weighted by atomic mass is 35.5. The highest BCUT2D eigenvalue weighted by molar-refractivity contribution is 6.33. The molecule has 0 unspecified atom stereocenters. The fourth-order valence-electron chi connectivity index (χ4n) is 1.92. The van der Waals surface area contributed by atoms with Gasteiger partial charge in [-0.3, -0.25) is 0 Å². The molecule has 3 heteroatoms. The van der Waals surface area contributed by atoms with E-state index in [4.69, 9.17) is 11.6 Å². The van der Waals surface area contributed by atoms with Crippen LogP contribution in [0, 0.1) is 6.92 Å². The lowest BCUT2D eigenvalue weighted by Crippen LogP contribution is -2.35. The van der Waals surface area contributed by atoms with Crippen LogP contribution in [0.25, 0.3) is 0 Å². The predicted octanol–water partition coefficient (Wildman–Crippen LogP) is 2.81. The summed E-state index contributed by atoms with van der Waals surface area (Å²) >= 11 is 6.17. The van der Waals surface area contributed by atoms with E-state index in [0.29, 0.717) is 6.04 Å². The summed E-state index contributed by atoms with van der Waals surface area (Å²) in [7, 11) is 0. The summed E-state index contributed by atoms with van der Waals surface area (Å²) in [5, 5.41) is 7.68. The molecule has 82 valence electrons. The van der Waals surface area contributed by atoms with Gasteiger partial charge in [0.1, 0.15) is 0 Å². The van der Waals surface area contributed by atoms with Crippen molar-refractivity contribution in [3.8, 4) is 0 Å². The number of aryl methyl sites for hydroxylation is 1. The van der Waals surface area contributed by atoms with Crippen molar-refractivity contribution in [2.24, 2.45) is 0 Å². The Morgan fingerprint density at radius 1 is 1.33 bits per heavy atom. The first-order valence-corrected chi connectivity index (χ1v) is 5.87. The van der Waals surface area contributed by atoms with Gasteiger partial charge in [-0.05, 0) is 50.6 Å². The van der Waals surface area contributed by atoms with E-state index in [-0.39, 0.29) is 0 Å². The Balaban J connectivity index is 2.03. The number of hydrogen-bond acceptors (Lipinski definition) is 2. The van der Waals surface area contributed by atoms with Gasteiger partial charge in [0, 0.05) is 6.04 Å². The minimum absolute atomic E-state index is 0.562. The molecule has 0 saturated carbocycles. The van der Waals surface area contributed by atoms with Crippen LogP contribution < -0.4 is 10.6 Å². The van der Waals surface area contributed by atoms with Crippen molar-refractivity contribution in [2.75, 3.05) is 18.4 Å². The summed E-state index contributed by atoms with van der Waals surface area (Å²) in [6.07, 6.45) is 2.34. The molecule has 1 heterocycles. The van der Waals surface area contributed by atoms with Crippen LogP contribution in [-0.4, -0.2) is 19.1 Å². The lowest BCUT2D eigenvalue weighted by molar-refractivity contribution is 0.479. The van der Waals surface area contributed by atoms with E-state index < -0.39 is 0 Å². The second kappa shape index (κ2) is 4.86. The molecule has 0 bridgehead atoms. The number of rotatable bonds is 2. The standard InChI is InChI=1S/C12H17ClN2/c1-9-2-3-12(11(13)8-9)15-10-4-6-14-7-5-10/h2-3,8,10,14-15H,4-7H2,1H3. The van der Waals surface area contributed by atoms with Gasteiger partial charge in [-0.1, -0.05) is 17.7 Å². The summed E-state index contributed by atoms with van der Waals surface area (Å²) in [5.74, 6) is 0. The van der Waals surface area contributed by atoms with Crippen molar-refractivity contribution in [3.05, 3.63) is 28.8 Å². The van der Waals surface area contributed by atoms with Crippen LogP contribution in [0.15, 0.2) is 18.2 Å². The molecule has 1 aromatic carbocycles. The Hall–Kier alpha value is -0.730. The van der Waals surface area contributed by atoms with E-state index in [0.717, 1.165) is 23.8 Å². The molecule has 15 heavy (non-hydrogen) atoms. The van der Waals surface area contributed by atoms with E-state index >= 15 is 0 Å². The van der Waals surface area contributed by atoms with E-state index in [2.05, 4.69) is 29.7 Å². The van der Waals surface area contributed by atoms with Gasteiger partial charge in [-0.2, -0.15) is 0 Å². The van der Waals surface area contributed by atoms with E-state index in [1.165, 1.54) is 18.4 Å². The molecule has 1 aliphatic rings. The first kappa shape index (κ1) is 10.8. The van der Waals surface area contributed by atoms with Crippen LogP contribution in [0.1, 0.15) is 18.4 Å². The summed E-state index contributed by atoms with van der Waals surface area (Å²) in [4.78, 5) is 0. The molecule has 1 aliphatic heterocycles. The Labute approximate surface area is 96.0 Å². The molecule has 0 radical (unpaired) electrons. The molecule has 1 fully saturated rings. The fourth-order valence-corrected chi connectivity index (χ4v) is 2.21. The van der Waals surface area contributed by atoms with E-state index in [9.17, 15) is 0 Å². The molecule has 0 aromatic heterocycles. The number of nitrogens with one attached hydrogen (secondary N) is 2. The molecule has 0 amide bonds. The third-order valence-electron chi connectivity index (χ3n) is 2.82. The molecule has 2 nitrogen and oxygen atoms in total. The highest BCUT2D eigenvalue weighted by Crippen LogP contribution is 2.24. The van der Waals surface area contributed by atoms with Crippen LogP contribution in [0.3, 0.4) is 0 Å². The van der Waals surface area contributed by atoms with Crippen LogP contribution in [0.4, 0.5) is 5.69 Å². The third kappa shape index (κ3) is 2.86. The Kier molecular flexibility index (Phi) is 3.49. The summed E-state index contributed by atoms with van der Waals surface area (Å²) < 4.78 is 0. The second-order valence-electron chi connectivity index (χ2n) is 4.15. The van der Waals surface area contributed by atoms with Gasteiger partial charge in [-0.25, -0.2) is 0 Å². The monoisotopic (exact) mass is 224 g/mol. The quantitative estimate of drug-likeness (QED) is 0.808. The average molecular weight is 225 g/mol. The van der Waals surface area contributed by atoms with Gasteiger partial charge in [0.05, 0.1) is 10.7 Å². The van der Waals surface area contributed by atoms with Gasteiger partial charge in [0.15, 0.2) is 0 Å². The van der Waals surface area contributed by atoms with Crippen LogP contribution in [-0.2, 0) is 0 Å². The van der Waals surface area contributed by atoms with E-state index in [1.807, 2.05) is 6.07 Å². The number of hydrogen-bond donors (Lipinski definition) is 2. The molecule has 0 aliphatic carbocycles. The minimum atomic E-state index is 0.562. The van der Waals surface area contributed by atoms with Gasteiger partial charge >= 0.3 is 0 Å². The minimum Gasteiger partial charge on any atom is -0.381 e. The number of benzene rings is 1. The molecule has 2 N–H and O–H groups in total. The van der Waals surface area contributed by atoms with Crippen LogP contribution in [0.5, 0.6) is 0 Å². The summed E-state index contributed by atoms with van der Waals surface area (Å²) in [6.45, 7) is 4.25. The van der Waals surface area contributed by atoms with Crippen molar-refractivity contribution >= 4 is 17.3 Å². The van der Waals surface area contributed by atoms with E-state index in [1.54, 1.807) is 0 Å². The maximum Gasteiger partial charge on any atom is 0.0640 e. The van der Waals surface area contributed by atoms with Crippen molar-refractivity contribution in [3.63, 3.8) is 0 Å². The Morgan fingerprint density at radius 3 is 2.73 bits per heavy atom. The Bertz CT molecular complexity index is 332. The number of halogens is 1. The first-order chi connectivity index (χ1) is 7.25. The lowest BCUT2D eigenvalue weighted by atomic mass is 10.1. The maximum absolute atomic E-state index is 6.17. The second-order valence-corrected chi connectivity index (χ2v) is 4.56. The topological polar surface area (TPSA) is 24.1 Å². The summed E-state index contributed by atoms with van der Waals surface area (Å²) in [5.41, 5.74) is 2.27. The van der Waals surface area contributed by atoms with Crippen molar-refractivity contribution < 1.29 is 0 Å². The zero-order chi connectivity index (χ0) is 10.7. The fraction of sp³-hybridized carbons (Fsp3) is 0.500. The van der Waals surface area contributed by atoms with Gasteiger partial charge < -0.3 is 10.6 Å². The SMILES string of the molecule is Cc1ccc(NC2CCNCC2)c(Cl)c1. The molecule has 0 spiro atoms. The van der Waals surface area contributed by atoms with Gasteiger partial charge in [0.25, 0.3) is 0 Å². The van der Waals surface area contributed by atoms with Gasteiger partial charge in [-0.15, -0.1) is 0 Å². The molecule has 0 atom stereocenters. The smallest absolute Gasteiger partial charge is 0.0640 e. The first-order valence-electron chi connectivity index (χ1n) is 5.49. The molecule has 1 saturated heterocycles. The van der Waals surface area contributed by atoms with Crippen LogP contribution in [0.2, 0.25) is 5.02 Å². The summed E-state index contributed by atoms with van der Waals surface area (Å²) in [6, 6.07) is 6.73. The predicted molar refractivity (Wildman–Crippen MR) is 65.7 cm³/mol. The molecular weight excluding hydrogens is 208 g/mol. The molecule has 1 aromatic rings. The normalized spacial score (nSPS) is 17.7. The van der Waals surface area contributed by atoms with Crippen molar-refractivity contribution in [2.45, 2.75) is 25.8 Å². The number of piperidine rings is 1.